The molecule has 1 aliphatic heterocycles. The van der Waals surface area contributed by atoms with Crippen LogP contribution in [0.4, 0.5) is 0 Å². The lowest BCUT2D eigenvalue weighted by Crippen LogP contribution is -2.06. The van der Waals surface area contributed by atoms with Crippen LogP contribution >= 0.6 is 0 Å². The minimum Gasteiger partial charge on any atom is -0.417 e. The molecule has 2 aliphatic rings. The van der Waals surface area contributed by atoms with E-state index in [9.17, 15) is 0 Å². The zero-order chi connectivity index (χ0) is 7.78. The zero-order valence-corrected chi connectivity index (χ0v) is 8.27. The van der Waals surface area contributed by atoms with Crippen molar-refractivity contribution in [3.8, 4) is 0 Å². The van der Waals surface area contributed by atoms with Gasteiger partial charge in [-0.1, -0.05) is 38.5 Å². The van der Waals surface area contributed by atoms with Gasteiger partial charge in [0.15, 0.2) is 0 Å². The SMILES string of the molecule is C1CCCC1.C1CC[Si]OC1. The Morgan fingerprint density at radius 3 is 1.55 bits per heavy atom. The van der Waals surface area contributed by atoms with E-state index in [4.69, 9.17) is 4.43 Å². The highest BCUT2D eigenvalue weighted by Crippen LogP contribution is 2.15. The fourth-order valence-corrected chi connectivity index (χ4v) is 2.23. The van der Waals surface area contributed by atoms with Crippen molar-refractivity contribution in [2.24, 2.45) is 0 Å². The predicted octanol–water partition coefficient (Wildman–Crippen LogP) is 2.78. The molecular formula is C9H18OSi. The van der Waals surface area contributed by atoms with Gasteiger partial charge in [-0.2, -0.15) is 0 Å². The van der Waals surface area contributed by atoms with Gasteiger partial charge in [0.2, 0.25) is 9.76 Å². The summed E-state index contributed by atoms with van der Waals surface area (Å²) in [5, 5.41) is 0. The third-order valence-electron chi connectivity index (χ3n) is 2.13. The van der Waals surface area contributed by atoms with Crippen LogP contribution in [0.15, 0.2) is 0 Å². The molecule has 0 bridgehead atoms. The molecule has 0 N–H and O–H groups in total. The molecule has 0 amide bonds. The molecule has 1 nitrogen and oxygen atoms in total. The monoisotopic (exact) mass is 170 g/mol. The maximum Gasteiger partial charge on any atom is 0.229 e. The Balaban J connectivity index is 0.000000112. The van der Waals surface area contributed by atoms with Crippen molar-refractivity contribution >= 4 is 9.76 Å². The number of hydrogen-bond acceptors (Lipinski definition) is 1. The first-order valence-electron chi connectivity index (χ1n) is 4.85. The molecule has 64 valence electrons. The summed E-state index contributed by atoms with van der Waals surface area (Å²) in [6.45, 7) is 1.01. The first-order chi connectivity index (χ1) is 5.50. The largest absolute Gasteiger partial charge is 0.417 e. The average Bonchev–Trinajstić information content (AvgIpc) is 2.64. The molecule has 0 aromatic rings. The summed E-state index contributed by atoms with van der Waals surface area (Å²) in [5.41, 5.74) is 0. The highest BCUT2D eigenvalue weighted by molar-refractivity contribution is 6.27. The second kappa shape index (κ2) is 6.86. The van der Waals surface area contributed by atoms with Crippen molar-refractivity contribution in [1.29, 1.82) is 0 Å². The summed E-state index contributed by atoms with van der Waals surface area (Å²) in [7, 11) is 0.802. The van der Waals surface area contributed by atoms with Gasteiger partial charge in [0, 0.05) is 6.61 Å². The molecule has 0 aromatic carbocycles. The normalized spacial score (nSPS) is 24.0. The average molecular weight is 170 g/mol. The first-order valence-corrected chi connectivity index (χ1v) is 5.96. The van der Waals surface area contributed by atoms with Crippen LogP contribution in [0.5, 0.6) is 0 Å². The number of hydrogen-bond donors (Lipinski definition) is 0. The minimum atomic E-state index is 0.802. The lowest BCUT2D eigenvalue weighted by molar-refractivity contribution is 0.304. The summed E-state index contributed by atoms with van der Waals surface area (Å²) in [4.78, 5) is 0. The molecule has 2 fully saturated rings. The molecule has 1 saturated heterocycles. The Morgan fingerprint density at radius 2 is 1.36 bits per heavy atom. The van der Waals surface area contributed by atoms with E-state index in [0.29, 0.717) is 0 Å². The van der Waals surface area contributed by atoms with Gasteiger partial charge in [0.1, 0.15) is 0 Å². The highest BCUT2D eigenvalue weighted by Gasteiger charge is 1.97. The zero-order valence-electron chi connectivity index (χ0n) is 7.27. The second-order valence-electron chi connectivity index (χ2n) is 3.22. The molecule has 2 rings (SSSR count). The molecule has 0 aromatic heterocycles. The van der Waals surface area contributed by atoms with Crippen molar-refractivity contribution < 1.29 is 4.43 Å². The third-order valence-corrected chi connectivity index (χ3v) is 3.09. The third kappa shape index (κ3) is 5.45. The lowest BCUT2D eigenvalue weighted by atomic mass is 10.4. The first kappa shape index (κ1) is 9.27. The van der Waals surface area contributed by atoms with E-state index in [1.54, 1.807) is 0 Å². The number of rotatable bonds is 0. The summed E-state index contributed by atoms with van der Waals surface area (Å²) in [6.07, 6.45) is 10.2. The standard InChI is InChI=1S/C5H10.C4H8OSi/c1-2-4-5-3-1;1-2-4-6-5-3-1/h1-5H2;1-4H2. The quantitative estimate of drug-likeness (QED) is 0.508. The molecule has 0 spiro atoms. The summed E-state index contributed by atoms with van der Waals surface area (Å²) in [5.74, 6) is 0. The fourth-order valence-electron chi connectivity index (χ4n) is 1.40. The van der Waals surface area contributed by atoms with Crippen LogP contribution in [0.25, 0.3) is 0 Å². The van der Waals surface area contributed by atoms with Gasteiger partial charge in [0.25, 0.3) is 0 Å². The van der Waals surface area contributed by atoms with Crippen molar-refractivity contribution in [3.05, 3.63) is 0 Å². The van der Waals surface area contributed by atoms with E-state index < -0.39 is 0 Å². The van der Waals surface area contributed by atoms with Crippen molar-refractivity contribution in [2.75, 3.05) is 6.61 Å². The Labute approximate surface area is 72.5 Å². The van der Waals surface area contributed by atoms with E-state index >= 15 is 0 Å². The van der Waals surface area contributed by atoms with Gasteiger partial charge in [-0.3, -0.25) is 0 Å². The van der Waals surface area contributed by atoms with Crippen LogP contribution < -0.4 is 0 Å². The van der Waals surface area contributed by atoms with Crippen LogP contribution in [0.3, 0.4) is 0 Å². The van der Waals surface area contributed by atoms with E-state index in [1.807, 2.05) is 0 Å². The molecular weight excluding hydrogens is 152 g/mol. The van der Waals surface area contributed by atoms with Gasteiger partial charge in [-0.15, -0.1) is 0 Å². The second-order valence-corrected chi connectivity index (χ2v) is 4.30. The van der Waals surface area contributed by atoms with Gasteiger partial charge in [0.05, 0.1) is 0 Å². The van der Waals surface area contributed by atoms with Gasteiger partial charge < -0.3 is 4.43 Å². The van der Waals surface area contributed by atoms with E-state index in [2.05, 4.69) is 0 Å². The van der Waals surface area contributed by atoms with Crippen LogP contribution in [0, 0.1) is 0 Å². The Kier molecular flexibility index (Phi) is 5.78. The van der Waals surface area contributed by atoms with Crippen molar-refractivity contribution in [2.45, 2.75) is 51.0 Å². The maximum absolute atomic E-state index is 5.10. The molecule has 1 saturated carbocycles. The van der Waals surface area contributed by atoms with Crippen LogP contribution in [0.1, 0.15) is 44.9 Å². The highest BCUT2D eigenvalue weighted by atomic mass is 28.2. The lowest BCUT2D eigenvalue weighted by Gasteiger charge is -2.06. The Morgan fingerprint density at radius 1 is 0.727 bits per heavy atom. The molecule has 0 unspecified atom stereocenters. The maximum atomic E-state index is 5.10. The molecule has 11 heavy (non-hydrogen) atoms. The Hall–Kier alpha value is 0.177. The smallest absolute Gasteiger partial charge is 0.229 e. The summed E-state index contributed by atoms with van der Waals surface area (Å²) < 4.78 is 5.10. The molecule has 1 heterocycles. The van der Waals surface area contributed by atoms with Crippen LogP contribution in [-0.4, -0.2) is 16.4 Å². The topological polar surface area (TPSA) is 9.23 Å². The van der Waals surface area contributed by atoms with Crippen LogP contribution in [-0.2, 0) is 4.43 Å². The van der Waals surface area contributed by atoms with Gasteiger partial charge in [-0.05, 0) is 12.5 Å². The predicted molar refractivity (Wildman–Crippen MR) is 48.8 cm³/mol. The van der Waals surface area contributed by atoms with Crippen LogP contribution in [0.2, 0.25) is 6.04 Å². The Bertz CT molecular complexity index is 58.5. The molecule has 2 radical (unpaired) electrons. The minimum absolute atomic E-state index is 0.802. The van der Waals surface area contributed by atoms with E-state index in [0.717, 1.165) is 16.4 Å². The fraction of sp³-hybridized carbons (Fsp3) is 1.00. The van der Waals surface area contributed by atoms with Crippen molar-refractivity contribution in [1.82, 2.24) is 0 Å². The van der Waals surface area contributed by atoms with E-state index in [1.165, 1.54) is 51.0 Å². The summed E-state index contributed by atoms with van der Waals surface area (Å²) in [6, 6.07) is 1.31. The van der Waals surface area contributed by atoms with Gasteiger partial charge >= 0.3 is 0 Å². The van der Waals surface area contributed by atoms with Crippen molar-refractivity contribution in [3.63, 3.8) is 0 Å². The summed E-state index contributed by atoms with van der Waals surface area (Å²) >= 11 is 0. The molecule has 2 heteroatoms. The molecule has 1 aliphatic carbocycles. The van der Waals surface area contributed by atoms with E-state index in [-0.39, 0.29) is 0 Å². The van der Waals surface area contributed by atoms with Gasteiger partial charge in [-0.25, -0.2) is 0 Å². The molecule has 0 atom stereocenters.